The van der Waals surface area contributed by atoms with Gasteiger partial charge in [-0.1, -0.05) is 49.4 Å². The van der Waals surface area contributed by atoms with E-state index >= 15 is 0 Å². The SMILES string of the molecule is CCc1ccccc1NCc1ccc(CN)cc1. The Balaban J connectivity index is 2.02. The molecule has 0 atom stereocenters. The molecule has 0 saturated heterocycles. The first-order valence-electron chi connectivity index (χ1n) is 6.43. The normalized spacial score (nSPS) is 10.3. The lowest BCUT2D eigenvalue weighted by Gasteiger charge is -2.11. The van der Waals surface area contributed by atoms with Crippen molar-refractivity contribution in [2.24, 2.45) is 5.73 Å². The Labute approximate surface area is 109 Å². The molecule has 18 heavy (non-hydrogen) atoms. The summed E-state index contributed by atoms with van der Waals surface area (Å²) in [5.41, 5.74) is 10.6. The Morgan fingerprint density at radius 3 is 2.28 bits per heavy atom. The van der Waals surface area contributed by atoms with Crippen LogP contribution in [0.1, 0.15) is 23.6 Å². The molecule has 2 rings (SSSR count). The standard InChI is InChI=1S/C16H20N2/c1-2-15-5-3-4-6-16(15)18-12-14-9-7-13(11-17)8-10-14/h3-10,18H,2,11-12,17H2,1H3. The molecule has 2 heteroatoms. The van der Waals surface area contributed by atoms with E-state index in [2.05, 4.69) is 60.8 Å². The highest BCUT2D eigenvalue weighted by Gasteiger charge is 1.99. The molecule has 0 aliphatic carbocycles. The van der Waals surface area contributed by atoms with Crippen LogP contribution >= 0.6 is 0 Å². The summed E-state index contributed by atoms with van der Waals surface area (Å²) < 4.78 is 0. The molecule has 94 valence electrons. The van der Waals surface area contributed by atoms with E-state index in [0.29, 0.717) is 6.54 Å². The van der Waals surface area contributed by atoms with Gasteiger partial charge in [0.1, 0.15) is 0 Å². The highest BCUT2D eigenvalue weighted by Crippen LogP contribution is 2.16. The topological polar surface area (TPSA) is 38.0 Å². The van der Waals surface area contributed by atoms with Gasteiger partial charge in [-0.2, -0.15) is 0 Å². The third kappa shape index (κ3) is 3.11. The fraction of sp³-hybridized carbons (Fsp3) is 0.250. The van der Waals surface area contributed by atoms with E-state index < -0.39 is 0 Å². The van der Waals surface area contributed by atoms with Gasteiger partial charge in [-0.15, -0.1) is 0 Å². The second kappa shape index (κ2) is 6.22. The van der Waals surface area contributed by atoms with Crippen molar-refractivity contribution < 1.29 is 0 Å². The number of para-hydroxylation sites is 1. The molecular weight excluding hydrogens is 220 g/mol. The number of rotatable bonds is 5. The molecule has 2 aromatic rings. The quantitative estimate of drug-likeness (QED) is 0.841. The van der Waals surface area contributed by atoms with E-state index in [1.54, 1.807) is 0 Å². The highest BCUT2D eigenvalue weighted by atomic mass is 14.9. The molecule has 0 aliphatic heterocycles. The lowest BCUT2D eigenvalue weighted by atomic mass is 10.1. The summed E-state index contributed by atoms with van der Waals surface area (Å²) in [5, 5.41) is 3.49. The maximum atomic E-state index is 5.59. The highest BCUT2D eigenvalue weighted by molar-refractivity contribution is 5.51. The number of benzene rings is 2. The van der Waals surface area contributed by atoms with Crippen molar-refractivity contribution in [3.8, 4) is 0 Å². The molecule has 0 unspecified atom stereocenters. The predicted molar refractivity (Wildman–Crippen MR) is 77.5 cm³/mol. The first-order valence-corrected chi connectivity index (χ1v) is 6.43. The Bertz CT molecular complexity index is 489. The molecule has 0 spiro atoms. The molecule has 0 saturated carbocycles. The molecule has 0 bridgehead atoms. The van der Waals surface area contributed by atoms with Crippen LogP contribution < -0.4 is 11.1 Å². The van der Waals surface area contributed by atoms with Gasteiger partial charge in [0.2, 0.25) is 0 Å². The van der Waals surface area contributed by atoms with Crippen molar-refractivity contribution in [3.63, 3.8) is 0 Å². The minimum atomic E-state index is 0.604. The van der Waals surface area contributed by atoms with Crippen LogP contribution in [0.3, 0.4) is 0 Å². The monoisotopic (exact) mass is 240 g/mol. The van der Waals surface area contributed by atoms with Gasteiger partial charge in [-0.25, -0.2) is 0 Å². The lowest BCUT2D eigenvalue weighted by molar-refractivity contribution is 1.05. The minimum Gasteiger partial charge on any atom is -0.381 e. The molecule has 3 N–H and O–H groups in total. The van der Waals surface area contributed by atoms with Crippen molar-refractivity contribution in [3.05, 3.63) is 65.2 Å². The van der Waals surface area contributed by atoms with Crippen LogP contribution in [0.15, 0.2) is 48.5 Å². The molecule has 0 amide bonds. The molecule has 0 fully saturated rings. The van der Waals surface area contributed by atoms with Crippen molar-refractivity contribution in [2.45, 2.75) is 26.4 Å². The second-order valence-electron chi connectivity index (χ2n) is 4.38. The predicted octanol–water partition coefficient (Wildman–Crippen LogP) is 3.32. The molecule has 0 radical (unpaired) electrons. The van der Waals surface area contributed by atoms with Gasteiger partial charge in [0.05, 0.1) is 0 Å². The Morgan fingerprint density at radius 2 is 1.61 bits per heavy atom. The van der Waals surface area contributed by atoms with E-state index in [4.69, 9.17) is 5.73 Å². The number of nitrogens with two attached hydrogens (primary N) is 1. The third-order valence-corrected chi connectivity index (χ3v) is 3.14. The van der Waals surface area contributed by atoms with Crippen molar-refractivity contribution in [1.82, 2.24) is 0 Å². The summed E-state index contributed by atoms with van der Waals surface area (Å²) in [7, 11) is 0. The summed E-state index contributed by atoms with van der Waals surface area (Å²) in [6.07, 6.45) is 1.05. The Morgan fingerprint density at radius 1 is 0.944 bits per heavy atom. The summed E-state index contributed by atoms with van der Waals surface area (Å²) >= 11 is 0. The van der Waals surface area contributed by atoms with Gasteiger partial charge in [0.25, 0.3) is 0 Å². The van der Waals surface area contributed by atoms with Gasteiger partial charge in [-0.05, 0) is 29.2 Å². The summed E-state index contributed by atoms with van der Waals surface area (Å²) in [5.74, 6) is 0. The van der Waals surface area contributed by atoms with Gasteiger partial charge < -0.3 is 11.1 Å². The van der Waals surface area contributed by atoms with Gasteiger partial charge in [0.15, 0.2) is 0 Å². The van der Waals surface area contributed by atoms with Crippen LogP contribution in [0.25, 0.3) is 0 Å². The number of aryl methyl sites for hydroxylation is 1. The third-order valence-electron chi connectivity index (χ3n) is 3.14. The first kappa shape index (κ1) is 12.7. The zero-order valence-electron chi connectivity index (χ0n) is 10.8. The molecule has 2 nitrogen and oxygen atoms in total. The fourth-order valence-corrected chi connectivity index (χ4v) is 1.99. The van der Waals surface area contributed by atoms with E-state index in [9.17, 15) is 0 Å². The number of hydrogen-bond donors (Lipinski definition) is 2. The largest absolute Gasteiger partial charge is 0.381 e. The maximum absolute atomic E-state index is 5.59. The second-order valence-corrected chi connectivity index (χ2v) is 4.38. The van der Waals surface area contributed by atoms with Crippen LogP contribution in [0, 0.1) is 0 Å². The number of nitrogens with one attached hydrogen (secondary N) is 1. The summed E-state index contributed by atoms with van der Waals surface area (Å²) in [6, 6.07) is 16.9. The average Bonchev–Trinajstić information content (AvgIpc) is 2.46. The van der Waals surface area contributed by atoms with Gasteiger partial charge in [0, 0.05) is 18.8 Å². The van der Waals surface area contributed by atoms with E-state index in [-0.39, 0.29) is 0 Å². The van der Waals surface area contributed by atoms with Crippen LogP contribution in [0.4, 0.5) is 5.69 Å². The molecule has 0 heterocycles. The van der Waals surface area contributed by atoms with E-state index in [1.807, 2.05) is 0 Å². The molecular formula is C16H20N2. The van der Waals surface area contributed by atoms with Gasteiger partial charge >= 0.3 is 0 Å². The average molecular weight is 240 g/mol. The van der Waals surface area contributed by atoms with Crippen molar-refractivity contribution >= 4 is 5.69 Å². The van der Waals surface area contributed by atoms with Crippen molar-refractivity contribution in [2.75, 3.05) is 5.32 Å². The van der Waals surface area contributed by atoms with Crippen LogP contribution in [-0.2, 0) is 19.5 Å². The number of anilines is 1. The Hall–Kier alpha value is -1.80. The number of hydrogen-bond acceptors (Lipinski definition) is 2. The first-order chi connectivity index (χ1) is 8.83. The zero-order valence-corrected chi connectivity index (χ0v) is 10.8. The molecule has 0 aliphatic rings. The summed E-state index contributed by atoms with van der Waals surface area (Å²) in [6.45, 7) is 3.63. The lowest BCUT2D eigenvalue weighted by Crippen LogP contribution is -2.02. The summed E-state index contributed by atoms with van der Waals surface area (Å²) in [4.78, 5) is 0. The van der Waals surface area contributed by atoms with Gasteiger partial charge in [-0.3, -0.25) is 0 Å². The van der Waals surface area contributed by atoms with Crippen LogP contribution in [0.2, 0.25) is 0 Å². The van der Waals surface area contributed by atoms with Crippen molar-refractivity contribution in [1.29, 1.82) is 0 Å². The van der Waals surface area contributed by atoms with Crippen LogP contribution in [0.5, 0.6) is 0 Å². The molecule has 0 aromatic heterocycles. The van der Waals surface area contributed by atoms with E-state index in [1.165, 1.54) is 22.4 Å². The molecule has 2 aromatic carbocycles. The Kier molecular flexibility index (Phi) is 4.37. The zero-order chi connectivity index (χ0) is 12.8. The smallest absolute Gasteiger partial charge is 0.0400 e. The van der Waals surface area contributed by atoms with Crippen LogP contribution in [-0.4, -0.2) is 0 Å². The maximum Gasteiger partial charge on any atom is 0.0400 e. The minimum absolute atomic E-state index is 0.604. The van der Waals surface area contributed by atoms with E-state index in [0.717, 1.165) is 13.0 Å². The fourth-order valence-electron chi connectivity index (χ4n) is 1.99.